The molecule has 1 spiro atoms. The minimum Gasteiger partial charge on any atom is -0.323 e. The van der Waals surface area contributed by atoms with Crippen LogP contribution in [0.25, 0.3) is 0 Å². The Balaban J connectivity index is 1.73. The van der Waals surface area contributed by atoms with Crippen LogP contribution in [0.3, 0.4) is 0 Å². The molecule has 2 unspecified atom stereocenters. The molecule has 0 saturated carbocycles. The van der Waals surface area contributed by atoms with Crippen molar-refractivity contribution in [3.8, 4) is 0 Å². The smallest absolute Gasteiger partial charge is 0.259 e. The van der Waals surface area contributed by atoms with Gasteiger partial charge in [0.1, 0.15) is 5.82 Å². The van der Waals surface area contributed by atoms with Crippen molar-refractivity contribution >= 4 is 27.5 Å². The predicted octanol–water partition coefficient (Wildman–Crippen LogP) is 4.33. The van der Waals surface area contributed by atoms with Gasteiger partial charge in [-0.3, -0.25) is 4.79 Å². The lowest BCUT2D eigenvalue weighted by Gasteiger charge is -2.17. The van der Waals surface area contributed by atoms with E-state index in [9.17, 15) is 9.18 Å². The number of hydrogen-bond donors (Lipinski definition) is 1. The van der Waals surface area contributed by atoms with E-state index in [4.69, 9.17) is 0 Å². The van der Waals surface area contributed by atoms with Crippen LogP contribution in [-0.2, 0) is 10.3 Å². The first-order valence-corrected chi connectivity index (χ1v) is 7.67. The molecule has 0 fully saturated rings. The van der Waals surface area contributed by atoms with Crippen molar-refractivity contribution in [2.24, 2.45) is 10.2 Å². The zero-order valence-corrected chi connectivity index (χ0v) is 13.0. The van der Waals surface area contributed by atoms with Gasteiger partial charge in [-0.15, -0.1) is 0 Å². The van der Waals surface area contributed by atoms with Crippen molar-refractivity contribution in [3.05, 3.63) is 63.9 Å². The fourth-order valence-electron chi connectivity index (χ4n) is 3.02. The summed E-state index contributed by atoms with van der Waals surface area (Å²) in [6, 6.07) is 11.8. The summed E-state index contributed by atoms with van der Waals surface area (Å²) in [6.07, 6.45) is 0.414. The lowest BCUT2D eigenvalue weighted by Crippen LogP contribution is -2.30. The fourth-order valence-corrected chi connectivity index (χ4v) is 3.28. The Morgan fingerprint density at radius 2 is 2.00 bits per heavy atom. The second-order valence-corrected chi connectivity index (χ2v) is 6.41. The highest BCUT2D eigenvalue weighted by Gasteiger charge is 2.52. The number of rotatable bonds is 1. The highest BCUT2D eigenvalue weighted by molar-refractivity contribution is 9.10. The average Bonchev–Trinajstić information content (AvgIpc) is 3.06. The van der Waals surface area contributed by atoms with Crippen molar-refractivity contribution in [1.82, 2.24) is 0 Å². The van der Waals surface area contributed by atoms with E-state index in [0.29, 0.717) is 17.7 Å². The van der Waals surface area contributed by atoms with E-state index in [1.165, 1.54) is 12.1 Å². The zero-order valence-electron chi connectivity index (χ0n) is 11.4. The number of anilines is 1. The van der Waals surface area contributed by atoms with Crippen LogP contribution < -0.4 is 5.32 Å². The zero-order chi connectivity index (χ0) is 15.3. The monoisotopic (exact) mass is 359 g/mol. The van der Waals surface area contributed by atoms with Crippen LogP contribution in [0, 0.1) is 5.82 Å². The normalized spacial score (nSPS) is 25.5. The Kier molecular flexibility index (Phi) is 2.91. The number of hydrogen-bond acceptors (Lipinski definition) is 3. The first-order valence-electron chi connectivity index (χ1n) is 6.87. The summed E-state index contributed by atoms with van der Waals surface area (Å²) in [7, 11) is 0. The molecule has 4 nitrogen and oxygen atoms in total. The van der Waals surface area contributed by atoms with Gasteiger partial charge in [-0.05, 0) is 35.9 Å². The fraction of sp³-hybridized carbons (Fsp3) is 0.188. The molecule has 110 valence electrons. The lowest BCUT2D eigenvalue weighted by molar-refractivity contribution is -0.120. The summed E-state index contributed by atoms with van der Waals surface area (Å²) in [6.45, 7) is 0. The van der Waals surface area contributed by atoms with Crippen LogP contribution in [0.2, 0.25) is 0 Å². The summed E-state index contributed by atoms with van der Waals surface area (Å²) < 4.78 is 14.6. The minimum absolute atomic E-state index is 0.201. The van der Waals surface area contributed by atoms with E-state index in [1.54, 1.807) is 6.07 Å². The molecule has 2 aromatic carbocycles. The van der Waals surface area contributed by atoms with E-state index in [1.807, 2.05) is 24.3 Å². The van der Waals surface area contributed by atoms with E-state index in [2.05, 4.69) is 31.5 Å². The number of nitrogens with zero attached hydrogens (tertiary/aromatic N) is 2. The summed E-state index contributed by atoms with van der Waals surface area (Å²) in [5.41, 5.74) is 1.07. The summed E-state index contributed by atoms with van der Waals surface area (Å²) in [5.74, 6) is -0.617. The predicted molar refractivity (Wildman–Crippen MR) is 83.1 cm³/mol. The summed E-state index contributed by atoms with van der Waals surface area (Å²) in [4.78, 5) is 12.4. The number of carbonyl (C=O) groups is 1. The van der Waals surface area contributed by atoms with Crippen molar-refractivity contribution in [2.45, 2.75) is 18.0 Å². The van der Waals surface area contributed by atoms with Gasteiger partial charge < -0.3 is 5.32 Å². The third-order valence-electron chi connectivity index (χ3n) is 4.16. The SMILES string of the molecule is O=C1Nc2ccc(F)cc2C12CC(c1ccc(Br)cc1)N=N2. The molecule has 2 atom stereocenters. The van der Waals surface area contributed by atoms with E-state index >= 15 is 0 Å². The lowest BCUT2D eigenvalue weighted by atomic mass is 9.85. The van der Waals surface area contributed by atoms with Gasteiger partial charge in [0.25, 0.3) is 5.91 Å². The molecule has 2 aliphatic rings. The number of halogens is 2. The Hall–Kier alpha value is -2.08. The maximum absolute atomic E-state index is 13.6. The Morgan fingerprint density at radius 1 is 1.23 bits per heavy atom. The third kappa shape index (κ3) is 1.90. The van der Waals surface area contributed by atoms with Crippen molar-refractivity contribution < 1.29 is 9.18 Å². The van der Waals surface area contributed by atoms with Gasteiger partial charge in [0, 0.05) is 22.1 Å². The number of benzene rings is 2. The Labute approximate surface area is 134 Å². The van der Waals surface area contributed by atoms with Crippen LogP contribution in [0.15, 0.2) is 57.2 Å². The molecule has 2 aromatic rings. The molecule has 2 heterocycles. The number of carbonyl (C=O) groups excluding carboxylic acids is 1. The van der Waals surface area contributed by atoms with Crippen molar-refractivity contribution in [2.75, 3.05) is 5.32 Å². The second-order valence-electron chi connectivity index (χ2n) is 5.49. The molecule has 1 N–H and O–H groups in total. The largest absolute Gasteiger partial charge is 0.323 e. The summed E-state index contributed by atoms with van der Waals surface area (Å²) >= 11 is 3.39. The molecule has 0 saturated heterocycles. The second kappa shape index (κ2) is 4.71. The quantitative estimate of drug-likeness (QED) is 0.809. The van der Waals surface area contributed by atoms with Gasteiger partial charge in [-0.25, -0.2) is 4.39 Å². The van der Waals surface area contributed by atoms with Gasteiger partial charge in [-0.1, -0.05) is 28.1 Å². The first-order chi connectivity index (χ1) is 10.6. The van der Waals surface area contributed by atoms with Crippen molar-refractivity contribution in [1.29, 1.82) is 0 Å². The van der Waals surface area contributed by atoms with Crippen LogP contribution in [-0.4, -0.2) is 5.91 Å². The van der Waals surface area contributed by atoms with Gasteiger partial charge >= 0.3 is 0 Å². The third-order valence-corrected chi connectivity index (χ3v) is 4.69. The van der Waals surface area contributed by atoms with Crippen LogP contribution in [0.4, 0.5) is 10.1 Å². The molecule has 0 bridgehead atoms. The van der Waals surface area contributed by atoms with Crippen LogP contribution in [0.1, 0.15) is 23.6 Å². The van der Waals surface area contributed by atoms with Crippen molar-refractivity contribution in [3.63, 3.8) is 0 Å². The minimum atomic E-state index is -1.10. The highest BCUT2D eigenvalue weighted by Crippen LogP contribution is 2.50. The van der Waals surface area contributed by atoms with Gasteiger partial charge in [0.05, 0.1) is 6.04 Å². The molecule has 0 aromatic heterocycles. The molecular formula is C16H11BrFN3O. The molecule has 0 aliphatic carbocycles. The molecule has 2 aliphatic heterocycles. The number of amides is 1. The van der Waals surface area contributed by atoms with Gasteiger partial charge in [0.2, 0.25) is 0 Å². The summed E-state index contributed by atoms with van der Waals surface area (Å²) in [5, 5.41) is 11.3. The van der Waals surface area contributed by atoms with E-state index in [0.717, 1.165) is 10.0 Å². The van der Waals surface area contributed by atoms with E-state index in [-0.39, 0.29) is 17.8 Å². The Morgan fingerprint density at radius 3 is 2.77 bits per heavy atom. The van der Waals surface area contributed by atoms with Gasteiger partial charge in [0.15, 0.2) is 5.54 Å². The molecule has 0 radical (unpaired) electrons. The maximum Gasteiger partial charge on any atom is 0.259 e. The molecule has 4 rings (SSSR count). The molecule has 1 amide bonds. The van der Waals surface area contributed by atoms with Gasteiger partial charge in [-0.2, -0.15) is 10.2 Å². The molecule has 22 heavy (non-hydrogen) atoms. The maximum atomic E-state index is 13.6. The number of nitrogens with one attached hydrogen (secondary N) is 1. The standard InChI is InChI=1S/C16H11BrFN3O/c17-10-3-1-9(2-4-10)14-8-16(21-20-14)12-7-11(18)5-6-13(12)19-15(16)22/h1-7,14H,8H2,(H,19,22). The number of azo groups is 1. The average molecular weight is 360 g/mol. The first kappa shape index (κ1) is 13.6. The molecular weight excluding hydrogens is 349 g/mol. The topological polar surface area (TPSA) is 53.8 Å². The highest BCUT2D eigenvalue weighted by atomic mass is 79.9. The molecule has 6 heteroatoms. The number of fused-ring (bicyclic) bond motifs is 2. The Bertz CT molecular complexity index is 806. The van der Waals surface area contributed by atoms with Crippen LogP contribution in [0.5, 0.6) is 0 Å². The van der Waals surface area contributed by atoms with E-state index < -0.39 is 5.54 Å². The van der Waals surface area contributed by atoms with Crippen LogP contribution >= 0.6 is 15.9 Å².